The van der Waals surface area contributed by atoms with Gasteiger partial charge in [-0.3, -0.25) is 0 Å². The van der Waals surface area contributed by atoms with E-state index in [1.165, 1.54) is 4.88 Å². The zero-order valence-corrected chi connectivity index (χ0v) is 11.2. The summed E-state index contributed by atoms with van der Waals surface area (Å²) in [6, 6.07) is 4.43. The Bertz CT molecular complexity index is 330. The van der Waals surface area contributed by atoms with E-state index in [0.717, 1.165) is 30.4 Å². The van der Waals surface area contributed by atoms with Crippen molar-refractivity contribution in [3.05, 3.63) is 20.8 Å². The molecule has 0 aliphatic rings. The molecule has 1 atom stereocenters. The molecule has 0 aliphatic carbocycles. The highest BCUT2D eigenvalue weighted by atomic mass is 79.9. The summed E-state index contributed by atoms with van der Waals surface area (Å²) in [5, 5.41) is 14.2. The molecule has 1 rings (SSSR count). The molecular formula is C11H15BrN2S. The van der Waals surface area contributed by atoms with Gasteiger partial charge < -0.3 is 5.32 Å². The highest BCUT2D eigenvalue weighted by Crippen LogP contribution is 2.19. The van der Waals surface area contributed by atoms with E-state index in [2.05, 4.69) is 38.8 Å². The standard InChI is InChI=1S/C11H15BrN2S/c1-2-9(6-13)7-14-4-3-11-5-10(12)8-15-11/h5,8-9,14H,2-4,7H2,1H3. The van der Waals surface area contributed by atoms with Crippen LogP contribution in [-0.2, 0) is 6.42 Å². The number of hydrogen-bond acceptors (Lipinski definition) is 3. The van der Waals surface area contributed by atoms with Gasteiger partial charge in [0, 0.05) is 27.8 Å². The van der Waals surface area contributed by atoms with Gasteiger partial charge >= 0.3 is 0 Å². The van der Waals surface area contributed by atoms with Crippen LogP contribution >= 0.6 is 27.3 Å². The minimum absolute atomic E-state index is 0.153. The van der Waals surface area contributed by atoms with Crippen molar-refractivity contribution >= 4 is 27.3 Å². The molecule has 2 nitrogen and oxygen atoms in total. The van der Waals surface area contributed by atoms with Crippen molar-refractivity contribution in [2.24, 2.45) is 5.92 Å². The monoisotopic (exact) mass is 286 g/mol. The fourth-order valence-corrected chi connectivity index (χ4v) is 2.71. The first-order chi connectivity index (χ1) is 7.26. The predicted molar refractivity (Wildman–Crippen MR) is 68.0 cm³/mol. The summed E-state index contributed by atoms with van der Waals surface area (Å²) in [7, 11) is 0. The smallest absolute Gasteiger partial charge is 0.0669 e. The molecule has 1 aromatic heterocycles. The Labute approximate surface area is 103 Å². The van der Waals surface area contributed by atoms with Crippen LogP contribution in [-0.4, -0.2) is 13.1 Å². The molecule has 0 saturated heterocycles. The fraction of sp³-hybridized carbons (Fsp3) is 0.545. The summed E-state index contributed by atoms with van der Waals surface area (Å²) >= 11 is 5.20. The number of nitriles is 1. The third-order valence-electron chi connectivity index (χ3n) is 2.24. The first kappa shape index (κ1) is 12.7. The van der Waals surface area contributed by atoms with Crippen LogP contribution in [0.5, 0.6) is 0 Å². The fourth-order valence-electron chi connectivity index (χ4n) is 1.25. The van der Waals surface area contributed by atoms with Gasteiger partial charge in [-0.2, -0.15) is 5.26 Å². The van der Waals surface area contributed by atoms with E-state index in [9.17, 15) is 0 Å². The van der Waals surface area contributed by atoms with Gasteiger partial charge in [-0.1, -0.05) is 6.92 Å². The summed E-state index contributed by atoms with van der Waals surface area (Å²) in [4.78, 5) is 1.37. The van der Waals surface area contributed by atoms with Crippen LogP contribution in [0.15, 0.2) is 15.9 Å². The minimum Gasteiger partial charge on any atom is -0.315 e. The molecule has 4 heteroatoms. The number of nitrogens with one attached hydrogen (secondary N) is 1. The van der Waals surface area contributed by atoms with Crippen LogP contribution in [0.3, 0.4) is 0 Å². The summed E-state index contributed by atoms with van der Waals surface area (Å²) in [6.45, 7) is 3.80. The summed E-state index contributed by atoms with van der Waals surface area (Å²) in [5.41, 5.74) is 0. The van der Waals surface area contributed by atoms with Crippen molar-refractivity contribution in [3.8, 4) is 6.07 Å². The zero-order chi connectivity index (χ0) is 11.1. The highest BCUT2D eigenvalue weighted by Gasteiger charge is 2.03. The topological polar surface area (TPSA) is 35.8 Å². The SMILES string of the molecule is CCC(C#N)CNCCc1cc(Br)cs1. The first-order valence-corrected chi connectivity index (χ1v) is 6.76. The number of hydrogen-bond donors (Lipinski definition) is 1. The summed E-state index contributed by atoms with van der Waals surface area (Å²) < 4.78 is 1.16. The van der Waals surface area contributed by atoms with Crippen molar-refractivity contribution < 1.29 is 0 Å². The van der Waals surface area contributed by atoms with Crippen LogP contribution in [0.2, 0.25) is 0 Å². The van der Waals surface area contributed by atoms with E-state index in [1.54, 1.807) is 11.3 Å². The summed E-state index contributed by atoms with van der Waals surface area (Å²) in [5.74, 6) is 0.153. The second-order valence-corrected chi connectivity index (χ2v) is 5.33. The van der Waals surface area contributed by atoms with Gasteiger partial charge in [0.05, 0.1) is 12.0 Å². The Hall–Kier alpha value is -0.370. The van der Waals surface area contributed by atoms with E-state index in [0.29, 0.717) is 0 Å². The average Bonchev–Trinajstić information content (AvgIpc) is 2.65. The Kier molecular flexibility index (Phi) is 5.92. The summed E-state index contributed by atoms with van der Waals surface area (Å²) in [6.07, 6.45) is 1.96. The third-order valence-corrected chi connectivity index (χ3v) is 3.99. The van der Waals surface area contributed by atoms with Crippen LogP contribution < -0.4 is 5.32 Å². The molecule has 0 aliphatic heterocycles. The largest absolute Gasteiger partial charge is 0.315 e. The lowest BCUT2D eigenvalue weighted by atomic mass is 10.1. The Morgan fingerprint density at radius 3 is 3.00 bits per heavy atom. The maximum atomic E-state index is 8.75. The molecule has 0 amide bonds. The van der Waals surface area contributed by atoms with E-state index in [-0.39, 0.29) is 5.92 Å². The molecule has 1 unspecified atom stereocenters. The van der Waals surface area contributed by atoms with Crippen molar-refractivity contribution in [2.75, 3.05) is 13.1 Å². The lowest BCUT2D eigenvalue weighted by molar-refractivity contribution is 0.556. The van der Waals surface area contributed by atoms with Gasteiger partial charge in [-0.15, -0.1) is 11.3 Å². The molecule has 0 radical (unpaired) electrons. The molecular weight excluding hydrogens is 272 g/mol. The molecule has 1 aromatic rings. The van der Waals surface area contributed by atoms with E-state index in [4.69, 9.17) is 5.26 Å². The number of rotatable bonds is 6. The molecule has 1 heterocycles. The first-order valence-electron chi connectivity index (χ1n) is 5.09. The molecule has 82 valence electrons. The van der Waals surface area contributed by atoms with E-state index >= 15 is 0 Å². The molecule has 15 heavy (non-hydrogen) atoms. The molecule has 0 aromatic carbocycles. The molecule has 0 saturated carbocycles. The maximum Gasteiger partial charge on any atom is 0.0669 e. The lowest BCUT2D eigenvalue weighted by Gasteiger charge is -2.06. The molecule has 0 fully saturated rings. The van der Waals surface area contributed by atoms with E-state index < -0.39 is 0 Å². The van der Waals surface area contributed by atoms with Crippen LogP contribution in [0.25, 0.3) is 0 Å². The Morgan fingerprint density at radius 1 is 1.67 bits per heavy atom. The van der Waals surface area contributed by atoms with Gasteiger partial charge in [0.1, 0.15) is 0 Å². The number of thiophene rings is 1. The van der Waals surface area contributed by atoms with Crippen LogP contribution in [0.4, 0.5) is 0 Å². The van der Waals surface area contributed by atoms with Gasteiger partial charge in [0.15, 0.2) is 0 Å². The zero-order valence-electron chi connectivity index (χ0n) is 8.79. The van der Waals surface area contributed by atoms with E-state index in [1.807, 2.05) is 6.92 Å². The average molecular weight is 287 g/mol. The quantitative estimate of drug-likeness (QED) is 0.816. The van der Waals surface area contributed by atoms with Gasteiger partial charge in [0.2, 0.25) is 0 Å². The number of halogens is 1. The van der Waals surface area contributed by atoms with Crippen LogP contribution in [0.1, 0.15) is 18.2 Å². The van der Waals surface area contributed by atoms with Crippen molar-refractivity contribution in [1.29, 1.82) is 5.26 Å². The normalized spacial score (nSPS) is 12.3. The molecule has 0 spiro atoms. The second-order valence-electron chi connectivity index (χ2n) is 3.42. The number of nitrogens with zero attached hydrogens (tertiary/aromatic N) is 1. The maximum absolute atomic E-state index is 8.75. The van der Waals surface area contributed by atoms with Crippen molar-refractivity contribution in [3.63, 3.8) is 0 Å². The van der Waals surface area contributed by atoms with Crippen molar-refractivity contribution in [1.82, 2.24) is 5.32 Å². The van der Waals surface area contributed by atoms with Gasteiger partial charge in [-0.05, 0) is 34.8 Å². The van der Waals surface area contributed by atoms with Crippen molar-refractivity contribution in [2.45, 2.75) is 19.8 Å². The Balaban J connectivity index is 2.15. The highest BCUT2D eigenvalue weighted by molar-refractivity contribution is 9.10. The third kappa shape index (κ3) is 4.78. The van der Waals surface area contributed by atoms with Gasteiger partial charge in [-0.25, -0.2) is 0 Å². The minimum atomic E-state index is 0.153. The molecule has 0 bridgehead atoms. The van der Waals surface area contributed by atoms with Gasteiger partial charge in [0.25, 0.3) is 0 Å². The van der Waals surface area contributed by atoms with Crippen LogP contribution in [0, 0.1) is 17.2 Å². The molecule has 1 N–H and O–H groups in total. The lowest BCUT2D eigenvalue weighted by Crippen LogP contribution is -2.23. The Morgan fingerprint density at radius 2 is 2.47 bits per heavy atom. The second kappa shape index (κ2) is 7.00. The predicted octanol–water partition coefficient (Wildman–Crippen LogP) is 3.19.